The van der Waals surface area contributed by atoms with Gasteiger partial charge >= 0.3 is 11.9 Å². The van der Waals surface area contributed by atoms with E-state index < -0.39 is 67.9 Å². The Morgan fingerprint density at radius 1 is 1.08 bits per heavy atom. The number of phenols is 2. The Labute approximate surface area is 211 Å². The minimum absolute atomic E-state index is 0.0750. The Kier molecular flexibility index (Phi) is 9.48. The number of phenolic OH excluding ortho intramolecular Hbond substituents is 2. The molecule has 1 aromatic carbocycles. The molecule has 37 heavy (non-hydrogen) atoms. The normalized spacial score (nSPS) is 30.9. The number of carboxylic acid groups (broad SMARTS) is 1. The van der Waals surface area contributed by atoms with Gasteiger partial charge in [0.25, 0.3) is 0 Å². The molecule has 0 unspecified atom stereocenters. The molecule has 1 aromatic rings. The van der Waals surface area contributed by atoms with E-state index in [1.807, 2.05) is 0 Å². The van der Waals surface area contributed by atoms with Crippen LogP contribution >= 0.6 is 0 Å². The molecule has 0 aliphatic carbocycles. The first-order chi connectivity index (χ1) is 17.6. The fourth-order valence-electron chi connectivity index (χ4n) is 4.05. The van der Waals surface area contributed by atoms with Gasteiger partial charge in [-0.3, -0.25) is 4.79 Å². The Morgan fingerprint density at radius 3 is 2.43 bits per heavy atom. The van der Waals surface area contributed by atoms with Crippen LogP contribution in [0.5, 0.6) is 11.5 Å². The van der Waals surface area contributed by atoms with Crippen LogP contribution in [0.3, 0.4) is 0 Å². The lowest BCUT2D eigenvalue weighted by Gasteiger charge is -2.41. The van der Waals surface area contributed by atoms with Gasteiger partial charge in [-0.15, -0.1) is 0 Å². The van der Waals surface area contributed by atoms with Crippen molar-refractivity contribution in [1.29, 1.82) is 0 Å². The van der Waals surface area contributed by atoms with Crippen LogP contribution in [-0.2, 0) is 35.0 Å². The highest BCUT2D eigenvalue weighted by atomic mass is 16.8. The molecule has 2 aliphatic rings. The van der Waals surface area contributed by atoms with Crippen molar-refractivity contribution in [3.63, 3.8) is 0 Å². The van der Waals surface area contributed by atoms with Crippen molar-refractivity contribution in [3.8, 4) is 11.5 Å². The van der Waals surface area contributed by atoms with Crippen molar-refractivity contribution >= 4 is 11.9 Å². The van der Waals surface area contributed by atoms with Crippen LogP contribution in [0.1, 0.15) is 18.9 Å². The van der Waals surface area contributed by atoms with E-state index in [1.165, 1.54) is 18.2 Å². The number of ether oxygens (including phenoxy) is 4. The molecule has 3 rings (SSSR count). The fourth-order valence-corrected chi connectivity index (χ4v) is 4.05. The van der Waals surface area contributed by atoms with Gasteiger partial charge in [0.2, 0.25) is 6.29 Å². The molecule has 7 atom stereocenters. The number of aromatic hydroxyl groups is 2. The maximum absolute atomic E-state index is 12.6. The van der Waals surface area contributed by atoms with E-state index in [0.29, 0.717) is 5.56 Å². The molecule has 0 spiro atoms. The van der Waals surface area contributed by atoms with Crippen LogP contribution in [0, 0.1) is 5.92 Å². The van der Waals surface area contributed by atoms with Crippen molar-refractivity contribution < 1.29 is 64.3 Å². The number of carboxylic acids is 1. The number of aliphatic hydroxyl groups is 4. The summed E-state index contributed by atoms with van der Waals surface area (Å²) in [4.78, 5) is 24.4. The second-order valence-electron chi connectivity index (χ2n) is 8.52. The molecule has 0 bridgehead atoms. The van der Waals surface area contributed by atoms with Gasteiger partial charge in [0.05, 0.1) is 31.5 Å². The maximum Gasteiger partial charge on any atom is 0.335 e. The third kappa shape index (κ3) is 6.57. The molecule has 7 N–H and O–H groups in total. The van der Waals surface area contributed by atoms with Crippen LogP contribution in [0.4, 0.5) is 0 Å². The standard InChI is InChI=1S/C24H30O13/c1-2-12-13(8-18(28)34-6-5-11-3-4-15(26)16(27)7-11)14(22(32)33)10-35-23(12)37-24-21(31)20(30)19(29)17(9-25)36-24/h2-4,7,10,13,17,19-21,23-27,29-31H,5-6,8-9H2,1H3,(H,32,33)/b12-2+/t13-,17+,19+,20-,21+,23+,24-/m0/s1. The zero-order chi connectivity index (χ0) is 27.3. The summed E-state index contributed by atoms with van der Waals surface area (Å²) in [6, 6.07) is 4.17. The van der Waals surface area contributed by atoms with Crippen molar-refractivity contribution in [2.24, 2.45) is 5.92 Å². The number of allylic oxidation sites excluding steroid dienone is 1. The van der Waals surface area contributed by atoms with Gasteiger partial charge in [-0.2, -0.15) is 0 Å². The molecule has 13 heteroatoms. The molecule has 13 nitrogen and oxygen atoms in total. The predicted molar refractivity (Wildman–Crippen MR) is 122 cm³/mol. The zero-order valence-corrected chi connectivity index (χ0v) is 19.8. The highest BCUT2D eigenvalue weighted by Crippen LogP contribution is 2.36. The van der Waals surface area contributed by atoms with Crippen LogP contribution in [0.15, 0.2) is 41.7 Å². The minimum atomic E-state index is -1.72. The average Bonchev–Trinajstić information content (AvgIpc) is 2.86. The summed E-state index contributed by atoms with van der Waals surface area (Å²) in [5, 5.41) is 68.1. The van der Waals surface area contributed by atoms with Gasteiger partial charge < -0.3 is 54.7 Å². The molecule has 0 saturated carbocycles. The number of hydrogen-bond donors (Lipinski definition) is 7. The highest BCUT2D eigenvalue weighted by Gasteiger charge is 2.46. The van der Waals surface area contributed by atoms with Crippen LogP contribution < -0.4 is 0 Å². The molecular weight excluding hydrogens is 496 g/mol. The van der Waals surface area contributed by atoms with Crippen molar-refractivity contribution in [1.82, 2.24) is 0 Å². The molecule has 1 saturated heterocycles. The Balaban J connectivity index is 1.68. The number of aliphatic carboxylic acids is 1. The van der Waals surface area contributed by atoms with E-state index in [-0.39, 0.29) is 35.7 Å². The summed E-state index contributed by atoms with van der Waals surface area (Å²) in [6.45, 7) is 0.811. The highest BCUT2D eigenvalue weighted by molar-refractivity contribution is 5.89. The van der Waals surface area contributed by atoms with Gasteiger partial charge in [0, 0.05) is 17.9 Å². The summed E-state index contributed by atoms with van der Waals surface area (Å²) >= 11 is 0. The fraction of sp³-hybridized carbons (Fsp3) is 0.500. The van der Waals surface area contributed by atoms with E-state index in [1.54, 1.807) is 13.0 Å². The summed E-state index contributed by atoms with van der Waals surface area (Å²) in [5.41, 5.74) is 0.557. The molecular formula is C24H30O13. The quantitative estimate of drug-likeness (QED) is 0.120. The largest absolute Gasteiger partial charge is 0.504 e. The molecule has 0 amide bonds. The van der Waals surface area contributed by atoms with E-state index in [4.69, 9.17) is 18.9 Å². The van der Waals surface area contributed by atoms with Gasteiger partial charge in [-0.25, -0.2) is 4.79 Å². The first kappa shape index (κ1) is 28.4. The Hall–Kier alpha value is -3.20. The summed E-state index contributed by atoms with van der Waals surface area (Å²) in [5.74, 6) is -3.70. The number of benzene rings is 1. The first-order valence-electron chi connectivity index (χ1n) is 11.4. The number of esters is 1. The second-order valence-corrected chi connectivity index (χ2v) is 8.52. The van der Waals surface area contributed by atoms with Gasteiger partial charge in [-0.05, 0) is 24.6 Å². The van der Waals surface area contributed by atoms with Crippen molar-refractivity contribution in [2.45, 2.75) is 56.8 Å². The SMILES string of the molecule is C/C=C1/[C@@H](O[C@@H]2O[C@H](CO)[C@@H](O)[C@H](O)[C@H]2O)OC=C(C(=O)O)[C@H]1CC(=O)OCCc1ccc(O)c(O)c1. The lowest BCUT2D eigenvalue weighted by molar-refractivity contribution is -0.327. The lowest BCUT2D eigenvalue weighted by Crippen LogP contribution is -2.60. The van der Waals surface area contributed by atoms with E-state index in [0.717, 1.165) is 6.26 Å². The molecule has 2 aliphatic heterocycles. The topological polar surface area (TPSA) is 213 Å². The molecule has 0 radical (unpaired) electrons. The smallest absolute Gasteiger partial charge is 0.335 e. The number of aliphatic hydroxyl groups excluding tert-OH is 4. The van der Waals surface area contributed by atoms with E-state index >= 15 is 0 Å². The Bertz CT molecular complexity index is 1030. The predicted octanol–water partition coefficient (Wildman–Crippen LogP) is -0.723. The Morgan fingerprint density at radius 2 is 1.81 bits per heavy atom. The van der Waals surface area contributed by atoms with Crippen LogP contribution in [0.2, 0.25) is 0 Å². The van der Waals surface area contributed by atoms with E-state index in [2.05, 4.69) is 0 Å². The maximum atomic E-state index is 12.6. The first-order valence-corrected chi connectivity index (χ1v) is 11.4. The van der Waals surface area contributed by atoms with Gasteiger partial charge in [-0.1, -0.05) is 12.1 Å². The monoisotopic (exact) mass is 526 g/mol. The molecule has 1 fully saturated rings. The van der Waals surface area contributed by atoms with Crippen LogP contribution in [-0.4, -0.2) is 97.9 Å². The second kappa shape index (κ2) is 12.4. The number of rotatable bonds is 9. The summed E-state index contributed by atoms with van der Waals surface area (Å²) in [7, 11) is 0. The number of carbonyl (C=O) groups excluding carboxylic acids is 1. The van der Waals surface area contributed by atoms with Crippen molar-refractivity contribution in [2.75, 3.05) is 13.2 Å². The number of carbonyl (C=O) groups is 2. The number of hydrogen-bond acceptors (Lipinski definition) is 12. The summed E-state index contributed by atoms with van der Waals surface area (Å²) in [6.07, 6.45) is -6.90. The molecule has 204 valence electrons. The van der Waals surface area contributed by atoms with Gasteiger partial charge in [0.15, 0.2) is 17.8 Å². The molecule has 0 aromatic heterocycles. The average molecular weight is 526 g/mol. The lowest BCUT2D eigenvalue weighted by atomic mass is 9.86. The third-order valence-electron chi connectivity index (χ3n) is 6.12. The van der Waals surface area contributed by atoms with Crippen molar-refractivity contribution in [3.05, 3.63) is 47.2 Å². The zero-order valence-electron chi connectivity index (χ0n) is 19.8. The van der Waals surface area contributed by atoms with E-state index in [9.17, 15) is 45.3 Å². The molecule has 2 heterocycles. The third-order valence-corrected chi connectivity index (χ3v) is 6.12. The minimum Gasteiger partial charge on any atom is -0.504 e. The van der Waals surface area contributed by atoms with Crippen LogP contribution in [0.25, 0.3) is 0 Å². The van der Waals surface area contributed by atoms with Gasteiger partial charge in [0.1, 0.15) is 24.4 Å². The summed E-state index contributed by atoms with van der Waals surface area (Å²) < 4.78 is 21.6.